The minimum Gasteiger partial charge on any atom is -0.339 e. The van der Waals surface area contributed by atoms with Crippen LogP contribution >= 0.6 is 0 Å². The quantitative estimate of drug-likeness (QED) is 0.898. The second kappa shape index (κ2) is 4.34. The normalized spacial score (nSPS) is 21.1. The van der Waals surface area contributed by atoms with Crippen LogP contribution in [0.4, 0.5) is 0 Å². The Balaban J connectivity index is 1.61. The number of benzene rings is 1. The zero-order valence-corrected chi connectivity index (χ0v) is 11.8. The smallest absolute Gasteiger partial charge is 0.227 e. The molecule has 19 heavy (non-hydrogen) atoms. The van der Waals surface area contributed by atoms with Gasteiger partial charge in [-0.2, -0.15) is 0 Å². The zero-order chi connectivity index (χ0) is 13.6. The Kier molecular flexibility index (Phi) is 2.90. The van der Waals surface area contributed by atoms with Gasteiger partial charge in [-0.25, -0.2) is 0 Å². The van der Waals surface area contributed by atoms with Crippen LogP contribution in [-0.2, 0) is 11.2 Å². The molecule has 1 heterocycles. The minimum absolute atomic E-state index is 0.0721. The highest BCUT2D eigenvalue weighted by Crippen LogP contribution is 2.43. The molecule has 0 radical (unpaired) electrons. The molecule has 1 aromatic rings. The summed E-state index contributed by atoms with van der Waals surface area (Å²) in [5, 5.41) is 0. The third kappa shape index (κ3) is 2.39. The fourth-order valence-electron chi connectivity index (χ4n) is 3.02. The van der Waals surface area contributed by atoms with Crippen molar-refractivity contribution in [1.82, 2.24) is 4.90 Å². The van der Waals surface area contributed by atoms with Crippen LogP contribution in [0.2, 0.25) is 0 Å². The topological polar surface area (TPSA) is 46.3 Å². The fourth-order valence-corrected chi connectivity index (χ4v) is 3.02. The van der Waals surface area contributed by atoms with Gasteiger partial charge < -0.3 is 10.6 Å². The van der Waals surface area contributed by atoms with Crippen molar-refractivity contribution in [1.29, 1.82) is 0 Å². The summed E-state index contributed by atoms with van der Waals surface area (Å²) in [6.07, 6.45) is 3.00. The molecule has 0 bridgehead atoms. The van der Waals surface area contributed by atoms with Crippen molar-refractivity contribution >= 4 is 5.91 Å². The van der Waals surface area contributed by atoms with E-state index >= 15 is 0 Å². The first-order valence-electron chi connectivity index (χ1n) is 7.11. The first-order valence-corrected chi connectivity index (χ1v) is 7.11. The lowest BCUT2D eigenvalue weighted by Gasteiger charge is -2.48. The van der Waals surface area contributed by atoms with Gasteiger partial charge in [0.05, 0.1) is 12.0 Å². The van der Waals surface area contributed by atoms with E-state index in [1.54, 1.807) is 0 Å². The van der Waals surface area contributed by atoms with Crippen molar-refractivity contribution in [3.63, 3.8) is 0 Å². The van der Waals surface area contributed by atoms with Crippen LogP contribution in [-0.4, -0.2) is 29.4 Å². The van der Waals surface area contributed by atoms with E-state index < -0.39 is 0 Å². The number of hydrogen-bond acceptors (Lipinski definition) is 2. The lowest BCUT2D eigenvalue weighted by Crippen LogP contribution is -2.70. The molecule has 0 spiro atoms. The highest BCUT2D eigenvalue weighted by molar-refractivity contribution is 5.80. The summed E-state index contributed by atoms with van der Waals surface area (Å²) in [4.78, 5) is 14.2. The molecule has 2 aliphatic rings. The van der Waals surface area contributed by atoms with Crippen LogP contribution in [0.3, 0.4) is 0 Å². The molecule has 102 valence electrons. The van der Waals surface area contributed by atoms with E-state index in [-0.39, 0.29) is 11.4 Å². The number of amides is 1. The Morgan fingerprint density at radius 2 is 2.05 bits per heavy atom. The lowest BCUT2D eigenvalue weighted by atomic mass is 9.85. The van der Waals surface area contributed by atoms with E-state index in [1.165, 1.54) is 24.0 Å². The average molecular weight is 258 g/mol. The van der Waals surface area contributed by atoms with Crippen molar-refractivity contribution in [3.05, 3.63) is 34.9 Å². The maximum absolute atomic E-state index is 12.3. The van der Waals surface area contributed by atoms with Gasteiger partial charge in [0.15, 0.2) is 0 Å². The van der Waals surface area contributed by atoms with Gasteiger partial charge in [-0.1, -0.05) is 23.8 Å². The third-order valence-corrected chi connectivity index (χ3v) is 4.56. The number of aryl methyl sites for hydroxylation is 2. The Morgan fingerprint density at radius 3 is 2.68 bits per heavy atom. The van der Waals surface area contributed by atoms with Gasteiger partial charge in [-0.3, -0.25) is 4.79 Å². The molecule has 0 atom stereocenters. The maximum atomic E-state index is 12.3. The average Bonchev–Trinajstić information content (AvgIpc) is 3.14. The minimum atomic E-state index is -0.0721. The molecule has 1 aliphatic heterocycles. The molecule has 1 saturated carbocycles. The molecule has 3 rings (SSSR count). The number of likely N-dealkylation sites (tertiary alicyclic amines) is 1. The molecular weight excluding hydrogens is 236 g/mol. The molecule has 0 aromatic heterocycles. The van der Waals surface area contributed by atoms with Crippen molar-refractivity contribution in [2.75, 3.05) is 13.1 Å². The molecule has 3 nitrogen and oxygen atoms in total. The lowest BCUT2D eigenvalue weighted by molar-refractivity contribution is -0.138. The van der Waals surface area contributed by atoms with Crippen molar-refractivity contribution < 1.29 is 4.79 Å². The Morgan fingerprint density at radius 1 is 1.37 bits per heavy atom. The van der Waals surface area contributed by atoms with E-state index in [2.05, 4.69) is 32.0 Å². The van der Waals surface area contributed by atoms with Crippen LogP contribution in [0.5, 0.6) is 0 Å². The van der Waals surface area contributed by atoms with E-state index in [9.17, 15) is 4.79 Å². The summed E-state index contributed by atoms with van der Waals surface area (Å²) in [6.45, 7) is 5.63. The van der Waals surface area contributed by atoms with E-state index in [1.807, 2.05) is 4.90 Å². The molecule has 1 amide bonds. The number of carbonyl (C=O) groups excluding carboxylic acids is 1. The number of nitrogens with two attached hydrogens (primary N) is 1. The third-order valence-electron chi connectivity index (χ3n) is 4.56. The Bertz CT molecular complexity index is 513. The molecule has 2 fully saturated rings. The van der Waals surface area contributed by atoms with E-state index in [4.69, 9.17) is 5.73 Å². The first-order chi connectivity index (χ1) is 8.98. The summed E-state index contributed by atoms with van der Waals surface area (Å²) >= 11 is 0. The van der Waals surface area contributed by atoms with Gasteiger partial charge in [0.25, 0.3) is 0 Å². The first kappa shape index (κ1) is 12.7. The number of carbonyl (C=O) groups is 1. The van der Waals surface area contributed by atoms with E-state index in [0.29, 0.717) is 12.3 Å². The Hall–Kier alpha value is -1.35. The van der Waals surface area contributed by atoms with Gasteiger partial charge >= 0.3 is 0 Å². The largest absolute Gasteiger partial charge is 0.339 e. The monoisotopic (exact) mass is 258 g/mol. The molecule has 3 heteroatoms. The highest BCUT2D eigenvalue weighted by atomic mass is 16.2. The predicted octanol–water partition coefficient (Wildman–Crippen LogP) is 1.80. The highest BCUT2D eigenvalue weighted by Gasteiger charge is 2.51. The molecule has 1 saturated heterocycles. The molecule has 2 N–H and O–H groups in total. The second-order valence-corrected chi connectivity index (χ2v) is 6.36. The summed E-state index contributed by atoms with van der Waals surface area (Å²) in [5.41, 5.74) is 9.77. The van der Waals surface area contributed by atoms with Gasteiger partial charge in [-0.05, 0) is 43.7 Å². The number of hydrogen-bond donors (Lipinski definition) is 1. The van der Waals surface area contributed by atoms with Crippen molar-refractivity contribution in [3.8, 4) is 0 Å². The fraction of sp³-hybridized carbons (Fsp3) is 0.562. The molecule has 1 aromatic carbocycles. The van der Waals surface area contributed by atoms with Crippen LogP contribution in [0.15, 0.2) is 18.2 Å². The number of nitrogens with zero attached hydrogens (tertiary/aromatic N) is 1. The summed E-state index contributed by atoms with van der Waals surface area (Å²) in [7, 11) is 0. The van der Waals surface area contributed by atoms with Crippen LogP contribution < -0.4 is 5.73 Å². The van der Waals surface area contributed by atoms with Crippen LogP contribution in [0, 0.1) is 19.8 Å². The standard InChI is InChI=1S/C16H22N2O/c1-11-3-4-12(2)13(7-11)8-15(19)18-9-16(17,10-18)14-5-6-14/h3-4,7,14H,5-6,8-10,17H2,1-2H3. The molecular formula is C16H22N2O. The number of rotatable bonds is 3. The summed E-state index contributed by atoms with van der Waals surface area (Å²) < 4.78 is 0. The van der Waals surface area contributed by atoms with Crippen LogP contribution in [0.1, 0.15) is 29.5 Å². The SMILES string of the molecule is Cc1ccc(C)c(CC(=O)N2CC(N)(C3CC3)C2)c1. The van der Waals surface area contributed by atoms with Gasteiger partial charge in [0, 0.05) is 13.1 Å². The van der Waals surface area contributed by atoms with Crippen molar-refractivity contribution in [2.24, 2.45) is 11.7 Å². The van der Waals surface area contributed by atoms with Crippen molar-refractivity contribution in [2.45, 2.75) is 38.6 Å². The van der Waals surface area contributed by atoms with Gasteiger partial charge in [-0.15, -0.1) is 0 Å². The van der Waals surface area contributed by atoms with Gasteiger partial charge in [0.2, 0.25) is 5.91 Å². The summed E-state index contributed by atoms with van der Waals surface area (Å²) in [5.74, 6) is 0.882. The predicted molar refractivity (Wildman–Crippen MR) is 75.8 cm³/mol. The Labute approximate surface area is 114 Å². The molecule has 0 unspecified atom stereocenters. The second-order valence-electron chi connectivity index (χ2n) is 6.36. The van der Waals surface area contributed by atoms with E-state index in [0.717, 1.165) is 18.7 Å². The summed E-state index contributed by atoms with van der Waals surface area (Å²) in [6, 6.07) is 6.29. The molecule has 1 aliphatic carbocycles. The zero-order valence-electron chi connectivity index (χ0n) is 11.8. The van der Waals surface area contributed by atoms with Crippen LogP contribution in [0.25, 0.3) is 0 Å². The maximum Gasteiger partial charge on any atom is 0.227 e. The van der Waals surface area contributed by atoms with Gasteiger partial charge in [0.1, 0.15) is 0 Å².